The van der Waals surface area contributed by atoms with Crippen molar-refractivity contribution in [1.29, 1.82) is 0 Å². The molecule has 90 valence electrons. The van der Waals surface area contributed by atoms with E-state index in [1.54, 1.807) is 0 Å². The summed E-state index contributed by atoms with van der Waals surface area (Å²) in [5.41, 5.74) is 1.71. The molecule has 0 bridgehead atoms. The minimum absolute atomic E-state index is 0.320. The first kappa shape index (κ1) is 11.8. The van der Waals surface area contributed by atoms with E-state index in [1.807, 2.05) is 6.21 Å². The van der Waals surface area contributed by atoms with E-state index in [2.05, 4.69) is 41.6 Å². The van der Waals surface area contributed by atoms with Gasteiger partial charge in [-0.15, -0.1) is 0 Å². The minimum Gasteiger partial charge on any atom is -0.296 e. The second-order valence-electron chi connectivity index (χ2n) is 5.71. The summed E-state index contributed by atoms with van der Waals surface area (Å²) >= 11 is 0. The van der Waals surface area contributed by atoms with Crippen LogP contribution in [-0.4, -0.2) is 60.8 Å². The molecule has 0 saturated carbocycles. The molecule has 2 aliphatic rings. The highest BCUT2D eigenvalue weighted by Crippen LogP contribution is 2.16. The molecule has 0 spiro atoms. The standard InChI is InChI=1S/C13H23N3/c1-13(2,3)16-8-6-15(7-9-16)11-12-4-5-14-10-12/h4,10H,5-9,11H2,1-3H3. The molecule has 0 unspecified atom stereocenters. The Hall–Kier alpha value is -0.670. The van der Waals surface area contributed by atoms with Gasteiger partial charge in [0.1, 0.15) is 0 Å². The van der Waals surface area contributed by atoms with Gasteiger partial charge >= 0.3 is 0 Å². The lowest BCUT2D eigenvalue weighted by molar-refractivity contribution is 0.0670. The van der Waals surface area contributed by atoms with Gasteiger partial charge in [-0.25, -0.2) is 0 Å². The summed E-state index contributed by atoms with van der Waals surface area (Å²) in [4.78, 5) is 9.33. The molecule has 0 amide bonds. The molecular weight excluding hydrogens is 198 g/mol. The predicted molar refractivity (Wildman–Crippen MR) is 69.2 cm³/mol. The summed E-state index contributed by atoms with van der Waals surface area (Å²) < 4.78 is 0. The van der Waals surface area contributed by atoms with Gasteiger partial charge in [-0.3, -0.25) is 14.8 Å². The lowest BCUT2D eigenvalue weighted by Gasteiger charge is -2.42. The quantitative estimate of drug-likeness (QED) is 0.702. The van der Waals surface area contributed by atoms with Crippen LogP contribution in [0, 0.1) is 0 Å². The highest BCUT2D eigenvalue weighted by molar-refractivity contribution is 5.81. The van der Waals surface area contributed by atoms with E-state index in [0.29, 0.717) is 5.54 Å². The fraction of sp³-hybridized carbons (Fsp3) is 0.769. The van der Waals surface area contributed by atoms with Crippen molar-refractivity contribution in [2.24, 2.45) is 4.99 Å². The fourth-order valence-corrected chi connectivity index (χ4v) is 2.33. The van der Waals surface area contributed by atoms with E-state index >= 15 is 0 Å². The van der Waals surface area contributed by atoms with Crippen molar-refractivity contribution in [2.75, 3.05) is 39.3 Å². The van der Waals surface area contributed by atoms with Crippen LogP contribution < -0.4 is 0 Å². The minimum atomic E-state index is 0.320. The molecule has 0 radical (unpaired) electrons. The van der Waals surface area contributed by atoms with Crippen molar-refractivity contribution in [3.63, 3.8) is 0 Å². The maximum Gasteiger partial charge on any atom is 0.0577 e. The normalized spacial score (nSPS) is 23.8. The van der Waals surface area contributed by atoms with Crippen LogP contribution in [0.3, 0.4) is 0 Å². The summed E-state index contributed by atoms with van der Waals surface area (Å²) in [5.74, 6) is 0. The highest BCUT2D eigenvalue weighted by atomic mass is 15.3. The first-order chi connectivity index (χ1) is 7.55. The molecule has 2 heterocycles. The lowest BCUT2D eigenvalue weighted by Crippen LogP contribution is -2.53. The monoisotopic (exact) mass is 221 g/mol. The van der Waals surface area contributed by atoms with Gasteiger partial charge in [-0.05, 0) is 26.3 Å². The van der Waals surface area contributed by atoms with Crippen LogP contribution in [0.25, 0.3) is 0 Å². The smallest absolute Gasteiger partial charge is 0.0577 e. The predicted octanol–water partition coefficient (Wildman–Crippen LogP) is 1.41. The van der Waals surface area contributed by atoms with Crippen LogP contribution in [0.1, 0.15) is 20.8 Å². The Bertz CT molecular complexity index is 291. The van der Waals surface area contributed by atoms with Gasteiger partial charge in [0.25, 0.3) is 0 Å². The average Bonchev–Trinajstić information content (AvgIpc) is 2.70. The van der Waals surface area contributed by atoms with Crippen molar-refractivity contribution in [3.05, 3.63) is 11.6 Å². The number of piperazine rings is 1. The first-order valence-electron chi connectivity index (χ1n) is 6.22. The molecule has 3 heteroatoms. The van der Waals surface area contributed by atoms with Crippen molar-refractivity contribution in [3.8, 4) is 0 Å². The zero-order chi connectivity index (χ0) is 11.6. The topological polar surface area (TPSA) is 18.8 Å². The summed E-state index contributed by atoms with van der Waals surface area (Å²) in [6, 6.07) is 0. The molecule has 0 aromatic heterocycles. The Morgan fingerprint density at radius 3 is 2.38 bits per heavy atom. The number of hydrogen-bond acceptors (Lipinski definition) is 3. The molecule has 1 fully saturated rings. The molecular formula is C13H23N3. The second-order valence-corrected chi connectivity index (χ2v) is 5.71. The average molecular weight is 221 g/mol. The van der Waals surface area contributed by atoms with Crippen molar-refractivity contribution in [2.45, 2.75) is 26.3 Å². The zero-order valence-electron chi connectivity index (χ0n) is 10.7. The van der Waals surface area contributed by atoms with Gasteiger partial charge in [-0.1, -0.05) is 6.08 Å². The van der Waals surface area contributed by atoms with Gasteiger partial charge in [0, 0.05) is 44.5 Å². The van der Waals surface area contributed by atoms with Gasteiger partial charge in [0.15, 0.2) is 0 Å². The van der Waals surface area contributed by atoms with Crippen LogP contribution in [-0.2, 0) is 0 Å². The van der Waals surface area contributed by atoms with Crippen LogP contribution in [0.5, 0.6) is 0 Å². The second kappa shape index (κ2) is 4.68. The van der Waals surface area contributed by atoms with Crippen LogP contribution >= 0.6 is 0 Å². The summed E-state index contributed by atoms with van der Waals surface area (Å²) in [6.45, 7) is 13.6. The molecule has 1 saturated heterocycles. The van der Waals surface area contributed by atoms with E-state index in [4.69, 9.17) is 0 Å². The van der Waals surface area contributed by atoms with Crippen molar-refractivity contribution < 1.29 is 0 Å². The van der Waals surface area contributed by atoms with E-state index < -0.39 is 0 Å². The SMILES string of the molecule is CC(C)(C)N1CCN(CC2=CCN=C2)CC1. The number of aliphatic imine (C=N–C) groups is 1. The molecule has 0 atom stereocenters. The third-order valence-corrected chi connectivity index (χ3v) is 3.44. The molecule has 2 rings (SSSR count). The Morgan fingerprint density at radius 2 is 1.88 bits per heavy atom. The molecule has 0 N–H and O–H groups in total. The van der Waals surface area contributed by atoms with Crippen molar-refractivity contribution >= 4 is 6.21 Å². The van der Waals surface area contributed by atoms with E-state index in [0.717, 1.165) is 13.1 Å². The van der Waals surface area contributed by atoms with Gasteiger partial charge < -0.3 is 0 Å². The van der Waals surface area contributed by atoms with Crippen LogP contribution in [0.15, 0.2) is 16.6 Å². The van der Waals surface area contributed by atoms with Gasteiger partial charge in [0.2, 0.25) is 0 Å². The summed E-state index contributed by atoms with van der Waals surface area (Å²) in [5, 5.41) is 0. The third kappa shape index (κ3) is 2.92. The van der Waals surface area contributed by atoms with Crippen molar-refractivity contribution in [1.82, 2.24) is 9.80 Å². The van der Waals surface area contributed by atoms with Crippen LogP contribution in [0.2, 0.25) is 0 Å². The Kier molecular flexibility index (Phi) is 3.45. The van der Waals surface area contributed by atoms with Gasteiger partial charge in [-0.2, -0.15) is 0 Å². The highest BCUT2D eigenvalue weighted by Gasteiger charge is 2.25. The maximum atomic E-state index is 4.23. The Balaban J connectivity index is 1.79. The molecule has 0 aromatic rings. The lowest BCUT2D eigenvalue weighted by atomic mass is 10.0. The van der Waals surface area contributed by atoms with E-state index in [-0.39, 0.29) is 0 Å². The summed E-state index contributed by atoms with van der Waals surface area (Å²) in [7, 11) is 0. The molecule has 2 aliphatic heterocycles. The Labute approximate surface area is 98.8 Å². The third-order valence-electron chi connectivity index (χ3n) is 3.44. The summed E-state index contributed by atoms with van der Waals surface area (Å²) in [6.07, 6.45) is 4.26. The fourth-order valence-electron chi connectivity index (χ4n) is 2.33. The van der Waals surface area contributed by atoms with E-state index in [9.17, 15) is 0 Å². The Morgan fingerprint density at radius 1 is 1.19 bits per heavy atom. The number of nitrogens with zero attached hydrogens (tertiary/aromatic N) is 3. The molecule has 0 aromatic carbocycles. The molecule has 3 nitrogen and oxygen atoms in total. The number of rotatable bonds is 2. The molecule has 0 aliphatic carbocycles. The van der Waals surface area contributed by atoms with Crippen LogP contribution in [0.4, 0.5) is 0 Å². The first-order valence-corrected chi connectivity index (χ1v) is 6.22. The zero-order valence-corrected chi connectivity index (χ0v) is 10.7. The maximum absolute atomic E-state index is 4.23. The van der Waals surface area contributed by atoms with E-state index in [1.165, 1.54) is 31.8 Å². The number of hydrogen-bond donors (Lipinski definition) is 0. The van der Waals surface area contributed by atoms with Gasteiger partial charge in [0.05, 0.1) is 6.54 Å². The largest absolute Gasteiger partial charge is 0.296 e. The molecule has 16 heavy (non-hydrogen) atoms.